The maximum atomic E-state index is 11.2. The van der Waals surface area contributed by atoms with Gasteiger partial charge in [-0.1, -0.05) is 18.0 Å². The van der Waals surface area contributed by atoms with Gasteiger partial charge < -0.3 is 10.3 Å². The van der Waals surface area contributed by atoms with E-state index in [1.165, 1.54) is 6.33 Å². The number of nitrogens with zero attached hydrogens (tertiary/aromatic N) is 1. The molecule has 1 aromatic heterocycles. The molecular formula is C10H13Cl2N3O. The summed E-state index contributed by atoms with van der Waals surface area (Å²) < 4.78 is 0. The summed E-state index contributed by atoms with van der Waals surface area (Å²) in [6, 6.07) is 0. The summed E-state index contributed by atoms with van der Waals surface area (Å²) >= 11 is 12.0. The monoisotopic (exact) mass is 261 g/mol. The Labute approximate surface area is 103 Å². The lowest BCUT2D eigenvalue weighted by Crippen LogP contribution is -2.20. The van der Waals surface area contributed by atoms with Crippen molar-refractivity contribution < 1.29 is 0 Å². The summed E-state index contributed by atoms with van der Waals surface area (Å²) in [5.41, 5.74) is -0.326. The summed E-state index contributed by atoms with van der Waals surface area (Å²) in [6.45, 7) is 0.713. The van der Waals surface area contributed by atoms with Gasteiger partial charge in [-0.3, -0.25) is 4.79 Å². The lowest BCUT2D eigenvalue weighted by Gasteiger charge is -2.14. The Hall–Kier alpha value is -0.740. The molecule has 2 rings (SSSR count). The quantitative estimate of drug-likeness (QED) is 0.821. The highest BCUT2D eigenvalue weighted by atomic mass is 35.5. The fourth-order valence-electron chi connectivity index (χ4n) is 1.96. The number of aromatic amines is 1. The summed E-state index contributed by atoms with van der Waals surface area (Å²) in [4.78, 5) is 17.6. The second kappa shape index (κ2) is 5.06. The van der Waals surface area contributed by atoms with Gasteiger partial charge in [0, 0.05) is 11.9 Å². The first-order valence-electron chi connectivity index (χ1n) is 5.29. The first-order valence-corrected chi connectivity index (χ1v) is 6.11. The summed E-state index contributed by atoms with van der Waals surface area (Å²) in [5, 5.41) is 3.40. The fraction of sp³-hybridized carbons (Fsp3) is 0.600. The number of rotatable bonds is 3. The van der Waals surface area contributed by atoms with E-state index < -0.39 is 0 Å². The minimum atomic E-state index is -0.326. The largest absolute Gasteiger partial charge is 0.368 e. The molecule has 0 amide bonds. The van der Waals surface area contributed by atoms with Crippen LogP contribution in [0.1, 0.15) is 19.3 Å². The number of nitrogens with one attached hydrogen (secondary N) is 2. The molecule has 0 radical (unpaired) electrons. The van der Waals surface area contributed by atoms with Crippen LogP contribution in [-0.2, 0) is 0 Å². The van der Waals surface area contributed by atoms with Crippen molar-refractivity contribution in [1.82, 2.24) is 9.97 Å². The summed E-state index contributed by atoms with van der Waals surface area (Å²) in [5.74, 6) is 0.861. The number of halogens is 2. The second-order valence-electron chi connectivity index (χ2n) is 3.98. The smallest absolute Gasteiger partial charge is 0.271 e. The molecule has 88 valence electrons. The average Bonchev–Trinajstić information content (AvgIpc) is 2.67. The fourth-order valence-corrected chi connectivity index (χ4v) is 2.50. The highest BCUT2D eigenvalue weighted by Crippen LogP contribution is 2.30. The van der Waals surface area contributed by atoms with E-state index in [1.807, 2.05) is 0 Å². The maximum Gasteiger partial charge on any atom is 0.271 e. The Balaban J connectivity index is 1.99. The molecule has 0 aromatic carbocycles. The number of H-pyrrole nitrogens is 1. The van der Waals surface area contributed by atoms with Crippen molar-refractivity contribution in [3.8, 4) is 0 Å². The molecule has 0 bridgehead atoms. The van der Waals surface area contributed by atoms with E-state index in [0.717, 1.165) is 19.3 Å². The molecule has 2 N–H and O–H groups in total. The molecule has 1 saturated carbocycles. The Morgan fingerprint density at radius 3 is 3.06 bits per heavy atom. The van der Waals surface area contributed by atoms with Crippen molar-refractivity contribution >= 4 is 29.0 Å². The zero-order valence-electron chi connectivity index (χ0n) is 8.67. The normalized spacial score (nSPS) is 24.6. The van der Waals surface area contributed by atoms with Crippen molar-refractivity contribution in [1.29, 1.82) is 0 Å². The van der Waals surface area contributed by atoms with E-state index >= 15 is 0 Å². The van der Waals surface area contributed by atoms with Gasteiger partial charge in [-0.05, 0) is 18.8 Å². The number of alkyl halides is 1. The molecular weight excluding hydrogens is 249 g/mol. The van der Waals surface area contributed by atoms with Gasteiger partial charge in [0.15, 0.2) is 5.82 Å². The standard InChI is InChI=1S/C10H13Cl2N3O/c11-7-3-1-2-6(7)4-13-9-8(12)10(16)15-5-14-9/h5-7H,1-4H2,(H2,13,14,15,16). The van der Waals surface area contributed by atoms with Crippen molar-refractivity contribution in [3.05, 3.63) is 21.7 Å². The van der Waals surface area contributed by atoms with Gasteiger partial charge in [-0.25, -0.2) is 4.98 Å². The van der Waals surface area contributed by atoms with Crippen LogP contribution in [0.15, 0.2) is 11.1 Å². The van der Waals surface area contributed by atoms with Gasteiger partial charge in [-0.2, -0.15) is 0 Å². The van der Waals surface area contributed by atoms with Crippen LogP contribution in [0.4, 0.5) is 5.82 Å². The third kappa shape index (κ3) is 2.50. The van der Waals surface area contributed by atoms with Crippen molar-refractivity contribution in [2.75, 3.05) is 11.9 Å². The predicted molar refractivity (Wildman–Crippen MR) is 65.3 cm³/mol. The third-order valence-electron chi connectivity index (χ3n) is 2.89. The molecule has 4 nitrogen and oxygen atoms in total. The molecule has 2 atom stereocenters. The Morgan fingerprint density at radius 1 is 1.56 bits per heavy atom. The van der Waals surface area contributed by atoms with Crippen LogP contribution in [0, 0.1) is 5.92 Å². The zero-order valence-corrected chi connectivity index (χ0v) is 10.2. The maximum absolute atomic E-state index is 11.2. The lowest BCUT2D eigenvalue weighted by molar-refractivity contribution is 0.585. The third-order valence-corrected chi connectivity index (χ3v) is 3.82. The van der Waals surface area contributed by atoms with Crippen molar-refractivity contribution in [3.63, 3.8) is 0 Å². The van der Waals surface area contributed by atoms with E-state index in [4.69, 9.17) is 23.2 Å². The molecule has 0 saturated heterocycles. The van der Waals surface area contributed by atoms with Crippen LogP contribution in [0.3, 0.4) is 0 Å². The predicted octanol–water partition coefficient (Wildman–Crippen LogP) is 2.24. The van der Waals surface area contributed by atoms with E-state index in [1.54, 1.807) is 0 Å². The number of hydrogen-bond acceptors (Lipinski definition) is 3. The van der Waals surface area contributed by atoms with Gasteiger partial charge in [0.2, 0.25) is 0 Å². The minimum absolute atomic E-state index is 0.103. The second-order valence-corrected chi connectivity index (χ2v) is 4.92. The number of hydrogen-bond donors (Lipinski definition) is 2. The van der Waals surface area contributed by atoms with E-state index in [9.17, 15) is 4.79 Å². The molecule has 1 aliphatic rings. The molecule has 1 aliphatic carbocycles. The van der Waals surface area contributed by atoms with Gasteiger partial charge in [0.1, 0.15) is 5.02 Å². The average molecular weight is 262 g/mol. The van der Waals surface area contributed by atoms with E-state index in [0.29, 0.717) is 18.3 Å². The summed E-state index contributed by atoms with van der Waals surface area (Å²) in [7, 11) is 0. The Morgan fingerprint density at radius 2 is 2.38 bits per heavy atom. The molecule has 2 unspecified atom stereocenters. The topological polar surface area (TPSA) is 57.8 Å². The molecule has 1 heterocycles. The first-order chi connectivity index (χ1) is 7.68. The number of aromatic nitrogens is 2. The molecule has 1 fully saturated rings. The van der Waals surface area contributed by atoms with Crippen LogP contribution in [0.25, 0.3) is 0 Å². The van der Waals surface area contributed by atoms with Crippen molar-refractivity contribution in [2.24, 2.45) is 5.92 Å². The zero-order chi connectivity index (χ0) is 11.5. The summed E-state index contributed by atoms with van der Waals surface area (Å²) in [6.07, 6.45) is 4.67. The van der Waals surface area contributed by atoms with Gasteiger partial charge in [0.05, 0.1) is 6.33 Å². The molecule has 16 heavy (non-hydrogen) atoms. The van der Waals surface area contributed by atoms with Gasteiger partial charge in [-0.15, -0.1) is 11.6 Å². The Bertz CT molecular complexity index is 421. The number of anilines is 1. The van der Waals surface area contributed by atoms with Crippen LogP contribution >= 0.6 is 23.2 Å². The molecule has 0 aliphatic heterocycles. The Kier molecular flexibility index (Phi) is 3.71. The lowest BCUT2D eigenvalue weighted by atomic mass is 10.1. The molecule has 1 aromatic rings. The van der Waals surface area contributed by atoms with E-state index in [2.05, 4.69) is 15.3 Å². The molecule has 0 spiro atoms. The first kappa shape index (κ1) is 11.7. The van der Waals surface area contributed by atoms with Crippen molar-refractivity contribution in [2.45, 2.75) is 24.6 Å². The van der Waals surface area contributed by atoms with Gasteiger partial charge in [0.25, 0.3) is 5.56 Å². The van der Waals surface area contributed by atoms with E-state index in [-0.39, 0.29) is 16.0 Å². The van der Waals surface area contributed by atoms with Crippen LogP contribution < -0.4 is 10.9 Å². The molecule has 6 heteroatoms. The van der Waals surface area contributed by atoms with Crippen LogP contribution in [-0.4, -0.2) is 21.9 Å². The minimum Gasteiger partial charge on any atom is -0.368 e. The van der Waals surface area contributed by atoms with Gasteiger partial charge >= 0.3 is 0 Å². The highest BCUT2D eigenvalue weighted by Gasteiger charge is 2.25. The van der Waals surface area contributed by atoms with Crippen LogP contribution in [0.5, 0.6) is 0 Å². The SMILES string of the molecule is O=c1[nH]cnc(NCC2CCCC2Cl)c1Cl. The highest BCUT2D eigenvalue weighted by molar-refractivity contribution is 6.32. The van der Waals surface area contributed by atoms with Crippen LogP contribution in [0.2, 0.25) is 5.02 Å².